The van der Waals surface area contributed by atoms with E-state index >= 15 is 0 Å². The van der Waals surface area contributed by atoms with E-state index in [0.717, 1.165) is 16.9 Å². The zero-order valence-electron chi connectivity index (χ0n) is 17.8. The number of carbonyl (C=O) groups is 1. The molecule has 0 aliphatic carbocycles. The van der Waals surface area contributed by atoms with Crippen LogP contribution in [0.25, 0.3) is 0 Å². The standard InChI is InChI=1S/C24H26N2O4S/c1-18-7-11-21(12-8-18)25-31(28,29)23-6-4-5-20(17-23)24(27)26(3)15-16-30-22-13-9-19(2)10-14-22/h4-14,17,25H,15-16H2,1-3H3. The number of rotatable bonds is 8. The number of sulfonamides is 1. The molecule has 31 heavy (non-hydrogen) atoms. The van der Waals surface area contributed by atoms with E-state index in [0.29, 0.717) is 24.4 Å². The first-order valence-corrected chi connectivity index (χ1v) is 11.4. The van der Waals surface area contributed by atoms with Crippen LogP contribution in [0.15, 0.2) is 77.7 Å². The van der Waals surface area contributed by atoms with Crippen LogP contribution in [0.1, 0.15) is 21.5 Å². The Labute approximate surface area is 183 Å². The molecular weight excluding hydrogens is 412 g/mol. The van der Waals surface area contributed by atoms with Crippen LogP contribution in [0.5, 0.6) is 5.75 Å². The lowest BCUT2D eigenvalue weighted by Crippen LogP contribution is -2.31. The predicted molar refractivity (Wildman–Crippen MR) is 122 cm³/mol. The van der Waals surface area contributed by atoms with Gasteiger partial charge >= 0.3 is 0 Å². The monoisotopic (exact) mass is 438 g/mol. The molecule has 7 heteroatoms. The van der Waals surface area contributed by atoms with Crippen molar-refractivity contribution in [2.45, 2.75) is 18.7 Å². The summed E-state index contributed by atoms with van der Waals surface area (Å²) in [5, 5.41) is 0. The second-order valence-corrected chi connectivity index (χ2v) is 9.07. The van der Waals surface area contributed by atoms with Gasteiger partial charge in [0.15, 0.2) is 0 Å². The molecule has 0 radical (unpaired) electrons. The van der Waals surface area contributed by atoms with Crippen LogP contribution >= 0.6 is 0 Å². The topological polar surface area (TPSA) is 75.7 Å². The Bertz CT molecular complexity index is 1140. The average Bonchev–Trinajstić information content (AvgIpc) is 2.76. The first-order chi connectivity index (χ1) is 14.7. The quantitative estimate of drug-likeness (QED) is 0.570. The number of aryl methyl sites for hydroxylation is 2. The summed E-state index contributed by atoms with van der Waals surface area (Å²) in [6, 6.07) is 20.7. The van der Waals surface area contributed by atoms with Crippen LogP contribution in [0.4, 0.5) is 5.69 Å². The number of carbonyl (C=O) groups excluding carboxylic acids is 1. The van der Waals surface area contributed by atoms with E-state index < -0.39 is 10.0 Å². The highest BCUT2D eigenvalue weighted by atomic mass is 32.2. The van der Waals surface area contributed by atoms with Crippen molar-refractivity contribution >= 4 is 21.6 Å². The number of likely N-dealkylation sites (N-methyl/N-ethyl adjacent to an activating group) is 1. The van der Waals surface area contributed by atoms with E-state index in [4.69, 9.17) is 4.74 Å². The van der Waals surface area contributed by atoms with Gasteiger partial charge in [-0.25, -0.2) is 8.42 Å². The largest absolute Gasteiger partial charge is 0.492 e. The van der Waals surface area contributed by atoms with Gasteiger partial charge in [0, 0.05) is 18.3 Å². The second-order valence-electron chi connectivity index (χ2n) is 7.39. The molecule has 0 fully saturated rings. The molecule has 0 aliphatic rings. The smallest absolute Gasteiger partial charge is 0.261 e. The van der Waals surface area contributed by atoms with E-state index in [2.05, 4.69) is 4.72 Å². The summed E-state index contributed by atoms with van der Waals surface area (Å²) in [4.78, 5) is 14.3. The Morgan fingerprint density at radius 2 is 1.55 bits per heavy atom. The number of hydrogen-bond donors (Lipinski definition) is 1. The van der Waals surface area contributed by atoms with Crippen molar-refractivity contribution in [3.8, 4) is 5.75 Å². The van der Waals surface area contributed by atoms with Gasteiger partial charge in [-0.1, -0.05) is 41.5 Å². The first kappa shape index (κ1) is 22.4. The number of nitrogens with zero attached hydrogens (tertiary/aromatic N) is 1. The van der Waals surface area contributed by atoms with E-state index in [1.165, 1.54) is 17.0 Å². The van der Waals surface area contributed by atoms with Gasteiger partial charge < -0.3 is 9.64 Å². The van der Waals surface area contributed by atoms with Crippen molar-refractivity contribution in [1.82, 2.24) is 4.90 Å². The maximum absolute atomic E-state index is 12.8. The minimum absolute atomic E-state index is 0.0308. The molecule has 0 heterocycles. The lowest BCUT2D eigenvalue weighted by molar-refractivity contribution is 0.0773. The average molecular weight is 439 g/mol. The highest BCUT2D eigenvalue weighted by Gasteiger charge is 2.18. The van der Waals surface area contributed by atoms with E-state index in [1.54, 1.807) is 31.3 Å². The number of anilines is 1. The van der Waals surface area contributed by atoms with Crippen LogP contribution < -0.4 is 9.46 Å². The van der Waals surface area contributed by atoms with E-state index in [9.17, 15) is 13.2 Å². The molecule has 3 aromatic rings. The molecule has 6 nitrogen and oxygen atoms in total. The molecule has 162 valence electrons. The number of ether oxygens (including phenoxy) is 1. The van der Waals surface area contributed by atoms with E-state index in [1.807, 2.05) is 50.2 Å². The maximum atomic E-state index is 12.8. The van der Waals surface area contributed by atoms with Gasteiger partial charge in [-0.15, -0.1) is 0 Å². The minimum atomic E-state index is -3.81. The molecule has 0 saturated heterocycles. The number of amides is 1. The molecule has 1 amide bonds. The number of hydrogen-bond acceptors (Lipinski definition) is 4. The second kappa shape index (κ2) is 9.66. The molecule has 0 spiro atoms. The fourth-order valence-electron chi connectivity index (χ4n) is 2.89. The summed E-state index contributed by atoms with van der Waals surface area (Å²) in [5.74, 6) is 0.460. The van der Waals surface area contributed by atoms with Gasteiger partial charge in [-0.3, -0.25) is 9.52 Å². The molecule has 0 unspecified atom stereocenters. The Hall–Kier alpha value is -3.32. The third-order valence-electron chi connectivity index (χ3n) is 4.76. The third kappa shape index (κ3) is 6.08. The third-order valence-corrected chi connectivity index (χ3v) is 6.14. The lowest BCUT2D eigenvalue weighted by atomic mass is 10.2. The van der Waals surface area contributed by atoms with Crippen molar-refractivity contribution in [2.24, 2.45) is 0 Å². The van der Waals surface area contributed by atoms with Crippen LogP contribution in [0.2, 0.25) is 0 Å². The molecule has 0 saturated carbocycles. The van der Waals surface area contributed by atoms with Gasteiger partial charge in [-0.05, 0) is 56.3 Å². The van der Waals surface area contributed by atoms with Gasteiger partial charge in [0.25, 0.3) is 15.9 Å². The van der Waals surface area contributed by atoms with Crippen molar-refractivity contribution in [1.29, 1.82) is 0 Å². The fraction of sp³-hybridized carbons (Fsp3) is 0.208. The SMILES string of the molecule is Cc1ccc(NS(=O)(=O)c2cccc(C(=O)N(C)CCOc3ccc(C)cc3)c2)cc1. The Balaban J connectivity index is 1.64. The van der Waals surface area contributed by atoms with Gasteiger partial charge in [-0.2, -0.15) is 0 Å². The summed E-state index contributed by atoms with van der Waals surface area (Å²) in [5.41, 5.74) is 2.94. The normalized spacial score (nSPS) is 11.1. The van der Waals surface area contributed by atoms with Crippen LogP contribution in [0, 0.1) is 13.8 Å². The van der Waals surface area contributed by atoms with Crippen LogP contribution in [-0.4, -0.2) is 39.4 Å². The summed E-state index contributed by atoms with van der Waals surface area (Å²) in [6.07, 6.45) is 0. The Morgan fingerprint density at radius 1 is 0.935 bits per heavy atom. The van der Waals surface area contributed by atoms with E-state index in [-0.39, 0.29) is 10.8 Å². The molecule has 0 aliphatic heterocycles. The highest BCUT2D eigenvalue weighted by Crippen LogP contribution is 2.18. The maximum Gasteiger partial charge on any atom is 0.261 e. The first-order valence-electron chi connectivity index (χ1n) is 9.89. The van der Waals surface area contributed by atoms with Gasteiger partial charge in [0.1, 0.15) is 12.4 Å². The number of nitrogens with one attached hydrogen (secondary N) is 1. The van der Waals surface area contributed by atoms with Crippen molar-refractivity contribution in [3.05, 3.63) is 89.5 Å². The lowest BCUT2D eigenvalue weighted by Gasteiger charge is -2.18. The minimum Gasteiger partial charge on any atom is -0.492 e. The van der Waals surface area contributed by atoms with Crippen molar-refractivity contribution in [2.75, 3.05) is 24.9 Å². The van der Waals surface area contributed by atoms with Crippen molar-refractivity contribution in [3.63, 3.8) is 0 Å². The number of benzene rings is 3. The molecule has 1 N–H and O–H groups in total. The molecule has 0 bridgehead atoms. The summed E-state index contributed by atoms with van der Waals surface area (Å²) in [7, 11) is -2.15. The summed E-state index contributed by atoms with van der Waals surface area (Å²) < 4.78 is 33.7. The molecular formula is C24H26N2O4S. The zero-order valence-corrected chi connectivity index (χ0v) is 18.6. The highest BCUT2D eigenvalue weighted by molar-refractivity contribution is 7.92. The van der Waals surface area contributed by atoms with Gasteiger partial charge in [0.2, 0.25) is 0 Å². The Kier molecular flexibility index (Phi) is 6.97. The summed E-state index contributed by atoms with van der Waals surface area (Å²) in [6.45, 7) is 4.63. The summed E-state index contributed by atoms with van der Waals surface area (Å²) >= 11 is 0. The van der Waals surface area contributed by atoms with Crippen molar-refractivity contribution < 1.29 is 17.9 Å². The fourth-order valence-corrected chi connectivity index (χ4v) is 3.99. The molecule has 0 atom stereocenters. The van der Waals surface area contributed by atoms with Crippen LogP contribution in [0.3, 0.4) is 0 Å². The van der Waals surface area contributed by atoms with Gasteiger partial charge in [0.05, 0.1) is 11.4 Å². The van der Waals surface area contributed by atoms with Crippen LogP contribution in [-0.2, 0) is 10.0 Å². The molecule has 0 aromatic heterocycles. The predicted octanol–water partition coefficient (Wildman–Crippen LogP) is 4.26. The molecule has 3 rings (SSSR count). The Morgan fingerprint density at radius 3 is 2.19 bits per heavy atom. The molecule has 3 aromatic carbocycles. The zero-order chi connectivity index (χ0) is 22.4.